The molecule has 4 nitrogen and oxygen atoms in total. The molecule has 1 aromatic rings. The van der Waals surface area contributed by atoms with E-state index in [4.69, 9.17) is 10.2 Å². The Labute approximate surface area is 93.8 Å². The van der Waals surface area contributed by atoms with Gasteiger partial charge in [-0.1, -0.05) is 30.3 Å². The van der Waals surface area contributed by atoms with Crippen LogP contribution < -0.4 is 0 Å². The van der Waals surface area contributed by atoms with Gasteiger partial charge in [0.25, 0.3) is 0 Å². The van der Waals surface area contributed by atoms with Crippen LogP contribution in [-0.4, -0.2) is 35.5 Å². The monoisotopic (exact) mass is 222 g/mol. The first kappa shape index (κ1) is 12.4. The molecule has 1 aromatic carbocycles. The molecule has 0 saturated heterocycles. The number of aliphatic hydroxyl groups excluding tert-OH is 2. The highest BCUT2D eigenvalue weighted by Crippen LogP contribution is 2.01. The van der Waals surface area contributed by atoms with E-state index in [1.807, 2.05) is 30.3 Å². The van der Waals surface area contributed by atoms with Crippen molar-refractivity contribution < 1.29 is 19.7 Å². The first-order valence-corrected chi connectivity index (χ1v) is 4.91. The van der Waals surface area contributed by atoms with E-state index in [1.165, 1.54) is 6.08 Å². The zero-order chi connectivity index (χ0) is 11.8. The molecule has 1 unspecified atom stereocenters. The lowest BCUT2D eigenvalue weighted by atomic mass is 10.2. The summed E-state index contributed by atoms with van der Waals surface area (Å²) in [6.45, 7) is -0.621. The molecule has 0 heterocycles. The molecule has 0 amide bonds. The Balaban J connectivity index is 2.37. The molecule has 0 aromatic heterocycles. The zero-order valence-electron chi connectivity index (χ0n) is 8.74. The molecule has 0 saturated carbocycles. The maximum atomic E-state index is 11.1. The van der Waals surface area contributed by atoms with Gasteiger partial charge in [0.15, 0.2) is 0 Å². The second-order valence-electron chi connectivity index (χ2n) is 3.21. The van der Waals surface area contributed by atoms with Gasteiger partial charge in [0.1, 0.15) is 12.7 Å². The molecule has 0 spiro atoms. The molecule has 0 bridgehead atoms. The van der Waals surface area contributed by atoms with Gasteiger partial charge in [-0.05, 0) is 11.6 Å². The number of esters is 1. The molecule has 86 valence electrons. The number of ether oxygens (including phenoxy) is 1. The number of carbonyl (C=O) groups excluding carboxylic acids is 1. The van der Waals surface area contributed by atoms with Gasteiger partial charge < -0.3 is 14.9 Å². The number of hydrogen-bond acceptors (Lipinski definition) is 4. The van der Waals surface area contributed by atoms with Crippen molar-refractivity contribution in [2.24, 2.45) is 0 Å². The minimum absolute atomic E-state index is 0.200. The average Bonchev–Trinajstić information content (AvgIpc) is 2.34. The zero-order valence-corrected chi connectivity index (χ0v) is 8.74. The quantitative estimate of drug-likeness (QED) is 0.565. The number of carbonyl (C=O) groups is 1. The smallest absolute Gasteiger partial charge is 0.330 e. The van der Waals surface area contributed by atoms with Crippen LogP contribution in [0.25, 0.3) is 6.08 Å². The Kier molecular flexibility index (Phi) is 5.25. The van der Waals surface area contributed by atoms with Gasteiger partial charge in [-0.2, -0.15) is 0 Å². The molecular weight excluding hydrogens is 208 g/mol. The van der Waals surface area contributed by atoms with Crippen LogP contribution in [-0.2, 0) is 9.53 Å². The van der Waals surface area contributed by atoms with E-state index < -0.39 is 18.7 Å². The topological polar surface area (TPSA) is 66.8 Å². The summed E-state index contributed by atoms with van der Waals surface area (Å²) in [7, 11) is 0. The highest BCUT2D eigenvalue weighted by molar-refractivity contribution is 5.87. The Morgan fingerprint density at radius 1 is 1.38 bits per heavy atom. The van der Waals surface area contributed by atoms with Crippen molar-refractivity contribution >= 4 is 12.0 Å². The van der Waals surface area contributed by atoms with Crippen molar-refractivity contribution in [3.8, 4) is 0 Å². The van der Waals surface area contributed by atoms with Crippen molar-refractivity contribution in [1.82, 2.24) is 0 Å². The Morgan fingerprint density at radius 3 is 2.69 bits per heavy atom. The van der Waals surface area contributed by atoms with Gasteiger partial charge in [0, 0.05) is 6.08 Å². The average molecular weight is 222 g/mol. The lowest BCUT2D eigenvalue weighted by molar-refractivity contribution is -0.141. The minimum Gasteiger partial charge on any atom is -0.460 e. The molecule has 0 aliphatic rings. The largest absolute Gasteiger partial charge is 0.460 e. The van der Waals surface area contributed by atoms with Crippen LogP contribution in [0.1, 0.15) is 5.56 Å². The van der Waals surface area contributed by atoms with Crippen molar-refractivity contribution in [3.05, 3.63) is 42.0 Å². The van der Waals surface area contributed by atoms with Gasteiger partial charge >= 0.3 is 5.97 Å². The number of rotatable bonds is 5. The Hall–Kier alpha value is -1.65. The van der Waals surface area contributed by atoms with Crippen LogP contribution in [0.2, 0.25) is 0 Å². The molecule has 0 fully saturated rings. The third-order valence-corrected chi connectivity index (χ3v) is 1.84. The molecule has 1 atom stereocenters. The third kappa shape index (κ3) is 4.72. The summed E-state index contributed by atoms with van der Waals surface area (Å²) in [4.78, 5) is 11.1. The van der Waals surface area contributed by atoms with Crippen molar-refractivity contribution in [2.45, 2.75) is 6.10 Å². The van der Waals surface area contributed by atoms with Crippen LogP contribution in [0, 0.1) is 0 Å². The summed E-state index contributed by atoms with van der Waals surface area (Å²) in [6.07, 6.45) is 1.88. The fourth-order valence-electron chi connectivity index (χ4n) is 1.01. The van der Waals surface area contributed by atoms with Crippen LogP contribution >= 0.6 is 0 Å². The summed E-state index contributed by atoms with van der Waals surface area (Å²) in [5, 5.41) is 17.4. The van der Waals surface area contributed by atoms with Gasteiger partial charge in [-0.3, -0.25) is 0 Å². The standard InChI is InChI=1S/C12H14O4/c13-8-11(14)9-16-12(15)7-6-10-4-2-1-3-5-10/h1-7,11,13-14H,8-9H2/b7-6+. The van der Waals surface area contributed by atoms with E-state index in [0.29, 0.717) is 0 Å². The molecule has 0 aliphatic heterocycles. The predicted octanol–water partition coefficient (Wildman–Crippen LogP) is 0.596. The van der Waals surface area contributed by atoms with Crippen LogP contribution in [0.4, 0.5) is 0 Å². The minimum atomic E-state index is -1.02. The Morgan fingerprint density at radius 2 is 2.06 bits per heavy atom. The van der Waals surface area contributed by atoms with E-state index >= 15 is 0 Å². The highest BCUT2D eigenvalue weighted by Gasteiger charge is 2.04. The molecular formula is C12H14O4. The Bertz CT molecular complexity index is 345. The molecule has 0 radical (unpaired) electrons. The fraction of sp³-hybridized carbons (Fsp3) is 0.250. The number of hydrogen-bond donors (Lipinski definition) is 2. The maximum Gasteiger partial charge on any atom is 0.330 e. The molecule has 16 heavy (non-hydrogen) atoms. The summed E-state index contributed by atoms with van der Waals surface area (Å²) < 4.78 is 4.68. The summed E-state index contributed by atoms with van der Waals surface area (Å²) >= 11 is 0. The second kappa shape index (κ2) is 6.76. The molecule has 1 rings (SSSR count). The normalized spacial score (nSPS) is 12.6. The van der Waals surface area contributed by atoms with Crippen molar-refractivity contribution in [1.29, 1.82) is 0 Å². The fourth-order valence-corrected chi connectivity index (χ4v) is 1.01. The first-order valence-electron chi connectivity index (χ1n) is 4.91. The van der Waals surface area contributed by atoms with E-state index in [0.717, 1.165) is 5.56 Å². The van der Waals surface area contributed by atoms with E-state index in [9.17, 15) is 4.79 Å². The predicted molar refractivity (Wildman–Crippen MR) is 59.5 cm³/mol. The van der Waals surface area contributed by atoms with Gasteiger partial charge in [0.05, 0.1) is 6.61 Å². The van der Waals surface area contributed by atoms with E-state index in [1.54, 1.807) is 6.08 Å². The summed E-state index contributed by atoms with van der Waals surface area (Å²) in [6, 6.07) is 9.31. The van der Waals surface area contributed by atoms with Gasteiger partial charge in [-0.25, -0.2) is 4.79 Å². The maximum absolute atomic E-state index is 11.1. The second-order valence-corrected chi connectivity index (χ2v) is 3.21. The highest BCUT2D eigenvalue weighted by atomic mass is 16.5. The van der Waals surface area contributed by atoms with E-state index in [2.05, 4.69) is 4.74 Å². The summed E-state index contributed by atoms with van der Waals surface area (Å²) in [5.74, 6) is -0.545. The lowest BCUT2D eigenvalue weighted by Crippen LogP contribution is -2.21. The van der Waals surface area contributed by atoms with Crippen LogP contribution in [0.5, 0.6) is 0 Å². The van der Waals surface area contributed by atoms with Crippen molar-refractivity contribution in [3.63, 3.8) is 0 Å². The van der Waals surface area contributed by atoms with Crippen LogP contribution in [0.15, 0.2) is 36.4 Å². The summed E-state index contributed by atoms with van der Waals surface area (Å²) in [5.41, 5.74) is 0.891. The molecule has 2 N–H and O–H groups in total. The molecule has 0 aliphatic carbocycles. The third-order valence-electron chi connectivity index (χ3n) is 1.84. The van der Waals surface area contributed by atoms with Crippen molar-refractivity contribution in [2.75, 3.05) is 13.2 Å². The van der Waals surface area contributed by atoms with Gasteiger partial charge in [-0.15, -0.1) is 0 Å². The SMILES string of the molecule is O=C(/C=C/c1ccccc1)OCC(O)CO. The van der Waals surface area contributed by atoms with Crippen LogP contribution in [0.3, 0.4) is 0 Å². The molecule has 4 heteroatoms. The number of aliphatic hydroxyl groups is 2. The van der Waals surface area contributed by atoms with Gasteiger partial charge in [0.2, 0.25) is 0 Å². The van der Waals surface area contributed by atoms with E-state index in [-0.39, 0.29) is 6.61 Å². The first-order chi connectivity index (χ1) is 7.72. The number of benzene rings is 1. The lowest BCUT2D eigenvalue weighted by Gasteiger charge is -2.05.